The van der Waals surface area contributed by atoms with Crippen molar-refractivity contribution in [3.8, 4) is 11.5 Å². The normalized spacial score (nSPS) is 17.0. The van der Waals surface area contributed by atoms with Crippen LogP contribution in [0.3, 0.4) is 0 Å². The second kappa shape index (κ2) is 11.0. The first-order chi connectivity index (χ1) is 19.7. The molecule has 3 heterocycles. The summed E-state index contributed by atoms with van der Waals surface area (Å²) < 4.78 is 17.7. The maximum atomic E-state index is 14.2. The number of esters is 2. The Bertz CT molecular complexity index is 1830. The number of para-hydroxylation sites is 1. The first-order valence-corrected chi connectivity index (χ1v) is 13.6. The number of rotatable bonds is 7. The fourth-order valence-corrected chi connectivity index (χ4v) is 6.20. The SMILES string of the molecule is C=CCN1C(=O)/C(=c2\sc3n(c2=O)C(c2ccc(OC(C)=O)c(OC)c2)C(C(=O)OCC)=C(C)N=3)c2ccccc21. The molecule has 41 heavy (non-hydrogen) atoms. The molecule has 0 saturated heterocycles. The summed E-state index contributed by atoms with van der Waals surface area (Å²) in [5, 5.41) is 0. The van der Waals surface area contributed by atoms with Gasteiger partial charge in [-0.1, -0.05) is 41.7 Å². The minimum atomic E-state index is -0.948. The number of ether oxygens (including phenoxy) is 3. The van der Waals surface area contributed by atoms with Gasteiger partial charge in [-0.05, 0) is 37.6 Å². The second-order valence-electron chi connectivity index (χ2n) is 9.22. The van der Waals surface area contributed by atoms with Crippen molar-refractivity contribution in [1.29, 1.82) is 0 Å². The molecule has 1 atom stereocenters. The van der Waals surface area contributed by atoms with Crippen LogP contribution in [-0.2, 0) is 19.1 Å². The zero-order valence-electron chi connectivity index (χ0n) is 22.9. The molecular formula is C30H27N3O7S. The maximum Gasteiger partial charge on any atom is 0.338 e. The van der Waals surface area contributed by atoms with Crippen LogP contribution in [0.1, 0.15) is 37.9 Å². The van der Waals surface area contributed by atoms with Gasteiger partial charge in [-0.2, -0.15) is 0 Å². The molecule has 1 unspecified atom stereocenters. The summed E-state index contributed by atoms with van der Waals surface area (Å²) >= 11 is 1.08. The molecule has 0 radical (unpaired) electrons. The molecular weight excluding hydrogens is 546 g/mol. The second-order valence-corrected chi connectivity index (χ2v) is 10.2. The minimum Gasteiger partial charge on any atom is -0.493 e. The Morgan fingerprint density at radius 3 is 2.59 bits per heavy atom. The third-order valence-electron chi connectivity index (χ3n) is 6.71. The summed E-state index contributed by atoms with van der Waals surface area (Å²) in [5.41, 5.74) is 2.16. The number of nitrogens with zero attached hydrogens (tertiary/aromatic N) is 3. The van der Waals surface area contributed by atoms with Gasteiger partial charge < -0.3 is 19.1 Å². The molecule has 0 spiro atoms. The summed E-state index contributed by atoms with van der Waals surface area (Å²) in [6.45, 7) is 8.79. The van der Waals surface area contributed by atoms with Crippen LogP contribution in [0.4, 0.5) is 5.69 Å². The van der Waals surface area contributed by atoms with Gasteiger partial charge in [0.15, 0.2) is 16.3 Å². The van der Waals surface area contributed by atoms with Crippen LogP contribution in [0.2, 0.25) is 0 Å². The number of amides is 1. The van der Waals surface area contributed by atoms with E-state index in [1.54, 1.807) is 43.0 Å². The Kier molecular flexibility index (Phi) is 7.46. The van der Waals surface area contributed by atoms with E-state index in [0.29, 0.717) is 27.3 Å². The number of carbonyl (C=O) groups is 3. The van der Waals surface area contributed by atoms with E-state index in [9.17, 15) is 19.2 Å². The Morgan fingerprint density at radius 2 is 1.90 bits per heavy atom. The molecule has 2 aromatic carbocycles. The summed E-state index contributed by atoms with van der Waals surface area (Å²) in [5.74, 6) is -1.05. The number of aromatic nitrogens is 1. The molecule has 2 aliphatic heterocycles. The number of fused-ring (bicyclic) bond motifs is 2. The smallest absolute Gasteiger partial charge is 0.338 e. The van der Waals surface area contributed by atoms with Crippen molar-refractivity contribution in [3.63, 3.8) is 0 Å². The molecule has 1 amide bonds. The summed E-state index contributed by atoms with van der Waals surface area (Å²) in [4.78, 5) is 59.2. The summed E-state index contributed by atoms with van der Waals surface area (Å²) in [6, 6.07) is 11.1. The average molecular weight is 574 g/mol. The number of benzene rings is 2. The Morgan fingerprint density at radius 1 is 1.15 bits per heavy atom. The number of anilines is 1. The highest BCUT2D eigenvalue weighted by Crippen LogP contribution is 2.37. The topological polar surface area (TPSA) is 117 Å². The molecule has 3 aromatic rings. The standard InChI is InChI=1S/C30H27N3O7S/c1-6-14-32-20-11-9-8-10-19(20)24(27(32)35)26-28(36)33-25(18-12-13-21(40-17(4)34)22(15-18)38-5)23(29(37)39-7-2)16(3)31-30(33)41-26/h6,8-13,15,25H,1,7,14H2,2-5H3/b26-24-. The van der Waals surface area contributed by atoms with Crippen molar-refractivity contribution in [2.45, 2.75) is 26.8 Å². The van der Waals surface area contributed by atoms with Crippen molar-refractivity contribution < 1.29 is 28.6 Å². The Labute approximate surface area is 239 Å². The number of carbonyl (C=O) groups excluding carboxylic acids is 3. The van der Waals surface area contributed by atoms with Gasteiger partial charge in [0, 0.05) is 19.0 Å². The van der Waals surface area contributed by atoms with Crippen molar-refractivity contribution in [2.24, 2.45) is 4.99 Å². The van der Waals surface area contributed by atoms with Gasteiger partial charge in [-0.3, -0.25) is 19.0 Å². The van der Waals surface area contributed by atoms with E-state index in [1.807, 2.05) is 18.2 Å². The first-order valence-electron chi connectivity index (χ1n) is 12.8. The van der Waals surface area contributed by atoms with Crippen LogP contribution in [0, 0.1) is 0 Å². The Hall–Kier alpha value is -4.77. The van der Waals surface area contributed by atoms with Crippen LogP contribution in [0.15, 0.2) is 76.2 Å². The number of hydrogen-bond donors (Lipinski definition) is 0. The largest absolute Gasteiger partial charge is 0.493 e. The predicted molar refractivity (Wildman–Crippen MR) is 153 cm³/mol. The zero-order chi connectivity index (χ0) is 29.4. The number of allylic oxidation sites excluding steroid dienone is 1. The highest BCUT2D eigenvalue weighted by molar-refractivity contribution is 7.07. The van der Waals surface area contributed by atoms with E-state index in [4.69, 9.17) is 14.2 Å². The van der Waals surface area contributed by atoms with Crippen molar-refractivity contribution in [3.05, 3.63) is 97.2 Å². The molecule has 210 valence electrons. The lowest BCUT2D eigenvalue weighted by molar-refractivity contribution is -0.139. The molecule has 11 heteroatoms. The number of hydrogen-bond acceptors (Lipinski definition) is 9. The monoisotopic (exact) mass is 573 g/mol. The highest BCUT2D eigenvalue weighted by Gasteiger charge is 2.37. The molecule has 10 nitrogen and oxygen atoms in total. The van der Waals surface area contributed by atoms with Crippen molar-refractivity contribution in [1.82, 2.24) is 4.57 Å². The molecule has 0 fully saturated rings. The fourth-order valence-electron chi connectivity index (χ4n) is 5.06. The molecule has 2 aliphatic rings. The van der Waals surface area contributed by atoms with E-state index in [0.717, 1.165) is 11.3 Å². The van der Waals surface area contributed by atoms with Crippen LogP contribution in [-0.4, -0.2) is 42.7 Å². The quantitative estimate of drug-likeness (QED) is 0.242. The summed E-state index contributed by atoms with van der Waals surface area (Å²) in [7, 11) is 1.42. The average Bonchev–Trinajstić information content (AvgIpc) is 3.40. The van der Waals surface area contributed by atoms with Gasteiger partial charge in [-0.15, -0.1) is 6.58 Å². The lowest BCUT2D eigenvalue weighted by atomic mass is 9.95. The molecule has 0 aliphatic carbocycles. The van der Waals surface area contributed by atoms with Gasteiger partial charge in [-0.25, -0.2) is 9.79 Å². The Balaban J connectivity index is 1.80. The molecule has 0 saturated carbocycles. The molecule has 1 aromatic heterocycles. The predicted octanol–water partition coefficient (Wildman–Crippen LogP) is 2.63. The van der Waals surface area contributed by atoms with Crippen molar-refractivity contribution >= 4 is 40.4 Å². The van der Waals surface area contributed by atoms with Gasteiger partial charge >= 0.3 is 11.9 Å². The number of methoxy groups -OCH3 is 1. The van der Waals surface area contributed by atoms with E-state index in [1.165, 1.54) is 24.7 Å². The molecule has 5 rings (SSSR count). The van der Waals surface area contributed by atoms with E-state index >= 15 is 0 Å². The van der Waals surface area contributed by atoms with E-state index < -0.39 is 23.5 Å². The lowest BCUT2D eigenvalue weighted by Gasteiger charge is -2.25. The third-order valence-corrected chi connectivity index (χ3v) is 7.77. The van der Waals surface area contributed by atoms with E-state index in [-0.39, 0.29) is 46.2 Å². The van der Waals surface area contributed by atoms with Crippen LogP contribution in [0.5, 0.6) is 11.5 Å². The zero-order valence-corrected chi connectivity index (χ0v) is 23.7. The molecule has 0 N–H and O–H groups in total. The van der Waals surface area contributed by atoms with E-state index in [2.05, 4.69) is 11.6 Å². The third kappa shape index (κ3) is 4.67. The number of thiazole rings is 1. The minimum absolute atomic E-state index is 0.121. The summed E-state index contributed by atoms with van der Waals surface area (Å²) in [6.07, 6.45) is 1.63. The van der Waals surface area contributed by atoms with Crippen LogP contribution >= 0.6 is 11.3 Å². The lowest BCUT2D eigenvalue weighted by Crippen LogP contribution is -2.41. The molecule has 0 bridgehead atoms. The maximum absolute atomic E-state index is 14.2. The van der Waals surface area contributed by atoms with Gasteiger partial charge in [0.05, 0.1) is 42.3 Å². The van der Waals surface area contributed by atoms with Crippen LogP contribution in [0.25, 0.3) is 5.57 Å². The fraction of sp³-hybridized carbons (Fsp3) is 0.233. The first kappa shape index (κ1) is 27.8. The van der Waals surface area contributed by atoms with Crippen molar-refractivity contribution in [2.75, 3.05) is 25.2 Å². The van der Waals surface area contributed by atoms with Gasteiger partial charge in [0.2, 0.25) is 0 Å². The highest BCUT2D eigenvalue weighted by atomic mass is 32.1. The van der Waals surface area contributed by atoms with Gasteiger partial charge in [0.1, 0.15) is 4.53 Å². The van der Waals surface area contributed by atoms with Gasteiger partial charge in [0.25, 0.3) is 11.5 Å². The van der Waals surface area contributed by atoms with Crippen LogP contribution < -0.4 is 29.3 Å².